The summed E-state index contributed by atoms with van der Waals surface area (Å²) in [5.74, 6) is 2.96. The molecule has 0 N–H and O–H groups in total. The monoisotopic (exact) mass is 391 g/mol. The van der Waals surface area contributed by atoms with Gasteiger partial charge in [0.2, 0.25) is 0 Å². The van der Waals surface area contributed by atoms with Crippen molar-refractivity contribution in [3.05, 3.63) is 59.2 Å². The van der Waals surface area contributed by atoms with E-state index in [2.05, 4.69) is 24.3 Å². The number of fused-ring (bicyclic) bond motifs is 2. The molecule has 0 spiro atoms. The van der Waals surface area contributed by atoms with E-state index in [1.54, 1.807) is 28.4 Å². The summed E-state index contributed by atoms with van der Waals surface area (Å²) >= 11 is 0. The fourth-order valence-corrected chi connectivity index (χ4v) is 3.87. The van der Waals surface area contributed by atoms with Gasteiger partial charge in [0.05, 0.1) is 28.4 Å². The van der Waals surface area contributed by atoms with E-state index in [9.17, 15) is 0 Å². The molecule has 3 aromatic carbocycles. The van der Waals surface area contributed by atoms with Gasteiger partial charge in [0.25, 0.3) is 0 Å². The van der Waals surface area contributed by atoms with Crippen LogP contribution in [0.1, 0.15) is 16.7 Å². The fraction of sp³-hybridized carbons (Fsp3) is 0.292. The Morgan fingerprint density at radius 1 is 0.724 bits per heavy atom. The Kier molecular flexibility index (Phi) is 5.30. The van der Waals surface area contributed by atoms with Gasteiger partial charge in [-0.25, -0.2) is 0 Å². The summed E-state index contributed by atoms with van der Waals surface area (Å²) in [6.45, 7) is 0.788. The number of ether oxygens (including phenoxy) is 4. The predicted molar refractivity (Wildman–Crippen MR) is 115 cm³/mol. The van der Waals surface area contributed by atoms with Crippen LogP contribution in [-0.4, -0.2) is 40.7 Å². The van der Waals surface area contributed by atoms with Crippen molar-refractivity contribution in [3.8, 4) is 23.0 Å². The Hall–Kier alpha value is -3.21. The predicted octanol–water partition coefficient (Wildman–Crippen LogP) is 4.46. The number of methoxy groups -OCH3 is 4. The molecule has 0 aromatic heterocycles. The molecule has 0 fully saturated rings. The number of hydrogen-bond donors (Lipinski definition) is 0. The SMILES string of the molecule is COc1cc2c(cc1OC)C(Cc1ccc3cc(OC)c(OC)cc3c1)=NCC2. The molecular weight excluding hydrogens is 366 g/mol. The van der Waals surface area contributed by atoms with Crippen LogP contribution in [0.2, 0.25) is 0 Å². The van der Waals surface area contributed by atoms with E-state index in [0.717, 1.165) is 64.4 Å². The van der Waals surface area contributed by atoms with E-state index >= 15 is 0 Å². The standard InChI is InChI=1S/C24H25NO4/c1-26-21-11-16-6-5-15(9-18(16)13-23(21)28-3)10-20-19-14-24(29-4)22(27-2)12-17(19)7-8-25-20/h5-6,9,11-14H,7-8,10H2,1-4H3. The highest BCUT2D eigenvalue weighted by Gasteiger charge is 2.19. The summed E-state index contributed by atoms with van der Waals surface area (Å²) in [7, 11) is 6.64. The Morgan fingerprint density at radius 2 is 1.34 bits per heavy atom. The quantitative estimate of drug-likeness (QED) is 0.622. The maximum Gasteiger partial charge on any atom is 0.161 e. The van der Waals surface area contributed by atoms with Gasteiger partial charge in [-0.15, -0.1) is 0 Å². The Morgan fingerprint density at radius 3 is 2.03 bits per heavy atom. The van der Waals surface area contributed by atoms with Crippen LogP contribution < -0.4 is 18.9 Å². The van der Waals surface area contributed by atoms with Crippen molar-refractivity contribution in [2.45, 2.75) is 12.8 Å². The molecule has 4 rings (SSSR count). The highest BCUT2D eigenvalue weighted by molar-refractivity contribution is 6.04. The molecule has 1 aliphatic rings. The van der Waals surface area contributed by atoms with E-state index in [1.807, 2.05) is 18.2 Å². The molecule has 0 bridgehead atoms. The first kappa shape index (κ1) is 19.1. The third-order valence-corrected chi connectivity index (χ3v) is 5.38. The Bertz CT molecular complexity index is 1090. The molecule has 3 aromatic rings. The zero-order valence-electron chi connectivity index (χ0n) is 17.2. The molecule has 5 heteroatoms. The number of hydrogen-bond acceptors (Lipinski definition) is 5. The third-order valence-electron chi connectivity index (χ3n) is 5.38. The Labute approximate surface area is 170 Å². The van der Waals surface area contributed by atoms with Crippen molar-refractivity contribution in [2.24, 2.45) is 4.99 Å². The summed E-state index contributed by atoms with van der Waals surface area (Å²) in [6, 6.07) is 14.6. The zero-order chi connectivity index (χ0) is 20.4. The van der Waals surface area contributed by atoms with Crippen molar-refractivity contribution in [2.75, 3.05) is 35.0 Å². The van der Waals surface area contributed by atoms with Crippen LogP contribution in [0.4, 0.5) is 0 Å². The van der Waals surface area contributed by atoms with E-state index in [-0.39, 0.29) is 0 Å². The second-order valence-corrected chi connectivity index (χ2v) is 7.01. The maximum atomic E-state index is 5.50. The van der Waals surface area contributed by atoms with Crippen molar-refractivity contribution in [3.63, 3.8) is 0 Å². The molecule has 0 radical (unpaired) electrons. The fourth-order valence-electron chi connectivity index (χ4n) is 3.87. The van der Waals surface area contributed by atoms with Crippen LogP contribution in [0.25, 0.3) is 10.8 Å². The van der Waals surface area contributed by atoms with Crippen LogP contribution >= 0.6 is 0 Å². The lowest BCUT2D eigenvalue weighted by Gasteiger charge is -2.20. The molecule has 1 heterocycles. The summed E-state index contributed by atoms with van der Waals surface area (Å²) < 4.78 is 21.8. The minimum Gasteiger partial charge on any atom is -0.493 e. The molecule has 5 nitrogen and oxygen atoms in total. The summed E-state index contributed by atoms with van der Waals surface area (Å²) in [4.78, 5) is 4.81. The molecule has 0 unspecified atom stereocenters. The van der Waals surface area contributed by atoms with Crippen molar-refractivity contribution in [1.29, 1.82) is 0 Å². The average molecular weight is 391 g/mol. The third kappa shape index (κ3) is 3.60. The van der Waals surface area contributed by atoms with Gasteiger partial charge in [-0.1, -0.05) is 18.2 Å². The van der Waals surface area contributed by atoms with E-state index in [1.165, 1.54) is 11.1 Å². The molecule has 0 amide bonds. The normalized spacial score (nSPS) is 12.9. The molecule has 0 saturated carbocycles. The molecule has 0 saturated heterocycles. The van der Waals surface area contributed by atoms with Gasteiger partial charge in [0.1, 0.15) is 0 Å². The van der Waals surface area contributed by atoms with Crippen LogP contribution in [-0.2, 0) is 12.8 Å². The smallest absolute Gasteiger partial charge is 0.161 e. The summed E-state index contributed by atoms with van der Waals surface area (Å²) in [6.07, 6.45) is 1.67. The lowest BCUT2D eigenvalue weighted by Crippen LogP contribution is -2.16. The Balaban J connectivity index is 1.69. The van der Waals surface area contributed by atoms with Gasteiger partial charge in [0, 0.05) is 24.2 Å². The summed E-state index contributed by atoms with van der Waals surface area (Å²) in [5, 5.41) is 2.23. The minimum absolute atomic E-state index is 0.731. The largest absolute Gasteiger partial charge is 0.493 e. The van der Waals surface area contributed by atoms with Crippen LogP contribution in [0.3, 0.4) is 0 Å². The number of benzene rings is 3. The molecule has 29 heavy (non-hydrogen) atoms. The van der Waals surface area contributed by atoms with Crippen LogP contribution in [0, 0.1) is 0 Å². The summed E-state index contributed by atoms with van der Waals surface area (Å²) in [5.41, 5.74) is 4.67. The van der Waals surface area contributed by atoms with Gasteiger partial charge >= 0.3 is 0 Å². The maximum absolute atomic E-state index is 5.50. The molecule has 0 aliphatic carbocycles. The second kappa shape index (κ2) is 8.03. The first-order chi connectivity index (χ1) is 14.2. The highest BCUT2D eigenvalue weighted by Crippen LogP contribution is 2.34. The van der Waals surface area contributed by atoms with Gasteiger partial charge < -0.3 is 18.9 Å². The number of rotatable bonds is 6. The lowest BCUT2D eigenvalue weighted by molar-refractivity contribution is 0.354. The van der Waals surface area contributed by atoms with Gasteiger partial charge in [-0.2, -0.15) is 0 Å². The molecule has 0 atom stereocenters. The number of aliphatic imine (C=N–C) groups is 1. The van der Waals surface area contributed by atoms with E-state index in [4.69, 9.17) is 23.9 Å². The van der Waals surface area contributed by atoms with Gasteiger partial charge in [0.15, 0.2) is 23.0 Å². The second-order valence-electron chi connectivity index (χ2n) is 7.01. The number of nitrogens with zero attached hydrogens (tertiary/aromatic N) is 1. The molecular formula is C24H25NO4. The van der Waals surface area contributed by atoms with E-state index in [0.29, 0.717) is 0 Å². The van der Waals surface area contributed by atoms with Crippen molar-refractivity contribution in [1.82, 2.24) is 0 Å². The van der Waals surface area contributed by atoms with E-state index < -0.39 is 0 Å². The highest BCUT2D eigenvalue weighted by atomic mass is 16.5. The van der Waals surface area contributed by atoms with Crippen LogP contribution in [0.5, 0.6) is 23.0 Å². The molecule has 1 aliphatic heterocycles. The van der Waals surface area contributed by atoms with Gasteiger partial charge in [-0.3, -0.25) is 4.99 Å². The first-order valence-corrected chi connectivity index (χ1v) is 9.60. The van der Waals surface area contributed by atoms with Gasteiger partial charge in [-0.05, 0) is 52.6 Å². The van der Waals surface area contributed by atoms with Crippen molar-refractivity contribution < 1.29 is 18.9 Å². The van der Waals surface area contributed by atoms with Crippen molar-refractivity contribution >= 4 is 16.5 Å². The minimum atomic E-state index is 0.731. The van der Waals surface area contributed by atoms with Crippen LogP contribution in [0.15, 0.2) is 47.5 Å². The lowest BCUT2D eigenvalue weighted by atomic mass is 9.92. The molecule has 150 valence electrons. The first-order valence-electron chi connectivity index (χ1n) is 9.60. The topological polar surface area (TPSA) is 49.3 Å². The zero-order valence-corrected chi connectivity index (χ0v) is 17.2. The average Bonchev–Trinajstić information content (AvgIpc) is 2.77.